The van der Waals surface area contributed by atoms with E-state index in [1.165, 1.54) is 25.3 Å². The van der Waals surface area contributed by atoms with Crippen LogP contribution in [0.4, 0.5) is 0 Å². The van der Waals surface area contributed by atoms with Crippen LogP contribution in [0.2, 0.25) is 0 Å². The lowest BCUT2D eigenvalue weighted by atomic mass is 10.1. The number of hydrogen-bond acceptors (Lipinski definition) is 4. The van der Waals surface area contributed by atoms with Crippen molar-refractivity contribution in [3.8, 4) is 5.75 Å². The van der Waals surface area contributed by atoms with E-state index in [9.17, 15) is 13.2 Å². The third kappa shape index (κ3) is 4.44. The summed E-state index contributed by atoms with van der Waals surface area (Å²) in [5, 5.41) is 8.93. The highest BCUT2D eigenvalue weighted by atomic mass is 32.2. The van der Waals surface area contributed by atoms with Crippen molar-refractivity contribution in [1.82, 2.24) is 4.72 Å². The van der Waals surface area contributed by atoms with E-state index >= 15 is 0 Å². The van der Waals surface area contributed by atoms with Gasteiger partial charge in [0.15, 0.2) is 0 Å². The standard InChI is InChI=1S/C14H21NO5S/c1-4-6-11(5-2)15-21(18,19)13-8-7-10(14(16)17)9-12(13)20-3/h7-9,11,15H,4-6H2,1-3H3,(H,16,17). The van der Waals surface area contributed by atoms with Gasteiger partial charge in [-0.25, -0.2) is 17.9 Å². The molecular formula is C14H21NO5S. The number of aromatic carboxylic acids is 1. The first-order valence-corrected chi connectivity index (χ1v) is 8.27. The molecule has 21 heavy (non-hydrogen) atoms. The minimum atomic E-state index is -3.75. The van der Waals surface area contributed by atoms with Crippen molar-refractivity contribution in [2.24, 2.45) is 0 Å². The molecule has 1 rings (SSSR count). The molecule has 0 aliphatic heterocycles. The van der Waals surface area contributed by atoms with Gasteiger partial charge in [0.1, 0.15) is 10.6 Å². The van der Waals surface area contributed by atoms with E-state index in [2.05, 4.69) is 4.72 Å². The van der Waals surface area contributed by atoms with E-state index in [0.717, 1.165) is 12.8 Å². The van der Waals surface area contributed by atoms with Crippen molar-refractivity contribution in [3.63, 3.8) is 0 Å². The molecule has 118 valence electrons. The number of carbonyl (C=O) groups is 1. The molecule has 1 aromatic rings. The van der Waals surface area contributed by atoms with Crippen LogP contribution >= 0.6 is 0 Å². The number of ether oxygens (including phenoxy) is 1. The van der Waals surface area contributed by atoms with Crippen LogP contribution in [0.1, 0.15) is 43.5 Å². The summed E-state index contributed by atoms with van der Waals surface area (Å²) in [7, 11) is -2.44. The molecule has 0 amide bonds. The van der Waals surface area contributed by atoms with E-state index in [-0.39, 0.29) is 22.3 Å². The Labute approximate surface area is 125 Å². The average Bonchev–Trinajstić information content (AvgIpc) is 2.45. The molecule has 7 heteroatoms. The van der Waals surface area contributed by atoms with Crippen molar-refractivity contribution >= 4 is 16.0 Å². The van der Waals surface area contributed by atoms with Crippen molar-refractivity contribution < 1.29 is 23.1 Å². The van der Waals surface area contributed by atoms with Crippen LogP contribution in [-0.2, 0) is 10.0 Å². The Morgan fingerprint density at radius 1 is 1.38 bits per heavy atom. The minimum Gasteiger partial charge on any atom is -0.495 e. The number of carboxylic acid groups (broad SMARTS) is 1. The van der Waals surface area contributed by atoms with Crippen LogP contribution in [0.5, 0.6) is 5.75 Å². The smallest absolute Gasteiger partial charge is 0.335 e. The van der Waals surface area contributed by atoms with Gasteiger partial charge in [0.25, 0.3) is 0 Å². The van der Waals surface area contributed by atoms with Crippen molar-refractivity contribution in [2.75, 3.05) is 7.11 Å². The highest BCUT2D eigenvalue weighted by Gasteiger charge is 2.23. The fraction of sp³-hybridized carbons (Fsp3) is 0.500. The zero-order valence-corrected chi connectivity index (χ0v) is 13.2. The Bertz CT molecular complexity index is 597. The molecule has 0 saturated heterocycles. The molecule has 0 aliphatic rings. The monoisotopic (exact) mass is 315 g/mol. The van der Waals surface area contributed by atoms with E-state index in [4.69, 9.17) is 9.84 Å². The highest BCUT2D eigenvalue weighted by Crippen LogP contribution is 2.25. The Balaban J connectivity index is 3.15. The molecule has 0 radical (unpaired) electrons. The second-order valence-electron chi connectivity index (χ2n) is 4.69. The van der Waals surface area contributed by atoms with Crippen molar-refractivity contribution in [2.45, 2.75) is 44.0 Å². The molecule has 0 saturated carbocycles. The SMILES string of the molecule is CCCC(CC)NS(=O)(=O)c1ccc(C(=O)O)cc1OC. The van der Waals surface area contributed by atoms with Crippen molar-refractivity contribution in [3.05, 3.63) is 23.8 Å². The molecule has 1 atom stereocenters. The number of rotatable bonds is 8. The summed E-state index contributed by atoms with van der Waals surface area (Å²) in [5.74, 6) is -1.11. The fourth-order valence-corrected chi connectivity index (χ4v) is 3.50. The molecule has 1 unspecified atom stereocenters. The van der Waals surface area contributed by atoms with Crippen LogP contribution < -0.4 is 9.46 Å². The fourth-order valence-electron chi connectivity index (χ4n) is 2.00. The molecule has 0 fully saturated rings. The van der Waals surface area contributed by atoms with Crippen molar-refractivity contribution in [1.29, 1.82) is 0 Å². The lowest BCUT2D eigenvalue weighted by Gasteiger charge is -2.17. The Morgan fingerprint density at radius 2 is 2.05 bits per heavy atom. The van der Waals surface area contributed by atoms with E-state index in [1.807, 2.05) is 13.8 Å². The van der Waals surface area contributed by atoms with Gasteiger partial charge < -0.3 is 9.84 Å². The average molecular weight is 315 g/mol. The maximum absolute atomic E-state index is 12.4. The molecule has 0 bridgehead atoms. The largest absolute Gasteiger partial charge is 0.495 e. The first-order chi connectivity index (χ1) is 9.85. The lowest BCUT2D eigenvalue weighted by molar-refractivity contribution is 0.0696. The zero-order chi connectivity index (χ0) is 16.0. The quantitative estimate of drug-likeness (QED) is 0.767. The minimum absolute atomic E-state index is 0.0219. The number of hydrogen-bond donors (Lipinski definition) is 2. The van der Waals surface area contributed by atoms with E-state index in [0.29, 0.717) is 6.42 Å². The van der Waals surface area contributed by atoms with Gasteiger partial charge in [-0.3, -0.25) is 0 Å². The third-order valence-electron chi connectivity index (χ3n) is 3.15. The summed E-state index contributed by atoms with van der Waals surface area (Å²) in [6, 6.07) is 3.56. The molecule has 1 aromatic carbocycles. The highest BCUT2D eigenvalue weighted by molar-refractivity contribution is 7.89. The van der Waals surface area contributed by atoms with Gasteiger partial charge in [0, 0.05) is 6.04 Å². The summed E-state index contributed by atoms with van der Waals surface area (Å²) in [5.41, 5.74) is -0.0219. The van der Waals surface area contributed by atoms with Gasteiger partial charge in [-0.2, -0.15) is 0 Å². The first kappa shape index (κ1) is 17.5. The van der Waals surface area contributed by atoms with Crippen LogP contribution in [0.3, 0.4) is 0 Å². The maximum atomic E-state index is 12.4. The first-order valence-electron chi connectivity index (χ1n) is 6.79. The van der Waals surface area contributed by atoms with E-state index in [1.54, 1.807) is 0 Å². The second-order valence-corrected chi connectivity index (χ2v) is 6.37. The predicted octanol–water partition coefficient (Wildman–Crippen LogP) is 2.25. The normalized spacial score (nSPS) is 12.9. The molecular weight excluding hydrogens is 294 g/mol. The van der Waals surface area contributed by atoms with Crippen LogP contribution in [-0.4, -0.2) is 32.6 Å². The number of benzene rings is 1. The Hall–Kier alpha value is -1.60. The summed E-state index contributed by atoms with van der Waals surface area (Å²) in [4.78, 5) is 10.9. The van der Waals surface area contributed by atoms with Crippen LogP contribution in [0.15, 0.2) is 23.1 Å². The zero-order valence-electron chi connectivity index (χ0n) is 12.4. The van der Waals surface area contributed by atoms with Gasteiger partial charge in [0.2, 0.25) is 10.0 Å². The number of sulfonamides is 1. The summed E-state index contributed by atoms with van der Waals surface area (Å²) in [6.45, 7) is 3.90. The Morgan fingerprint density at radius 3 is 2.52 bits per heavy atom. The van der Waals surface area contributed by atoms with Gasteiger partial charge in [-0.15, -0.1) is 0 Å². The number of carboxylic acids is 1. The van der Waals surface area contributed by atoms with E-state index < -0.39 is 16.0 Å². The lowest BCUT2D eigenvalue weighted by Crippen LogP contribution is -2.34. The van der Waals surface area contributed by atoms with Crippen LogP contribution in [0, 0.1) is 0 Å². The topological polar surface area (TPSA) is 92.7 Å². The molecule has 0 heterocycles. The molecule has 0 aromatic heterocycles. The van der Waals surface area contributed by atoms with Gasteiger partial charge in [-0.05, 0) is 31.0 Å². The summed E-state index contributed by atoms with van der Waals surface area (Å²) < 4.78 is 32.4. The molecule has 0 spiro atoms. The number of nitrogens with one attached hydrogen (secondary N) is 1. The van der Waals surface area contributed by atoms with Crippen LogP contribution in [0.25, 0.3) is 0 Å². The molecule has 6 nitrogen and oxygen atoms in total. The van der Waals surface area contributed by atoms with Gasteiger partial charge >= 0.3 is 5.97 Å². The molecule has 2 N–H and O–H groups in total. The number of methoxy groups -OCH3 is 1. The summed E-state index contributed by atoms with van der Waals surface area (Å²) >= 11 is 0. The predicted molar refractivity (Wildman–Crippen MR) is 79.3 cm³/mol. The van der Waals surface area contributed by atoms with Gasteiger partial charge in [-0.1, -0.05) is 20.3 Å². The maximum Gasteiger partial charge on any atom is 0.335 e. The summed E-state index contributed by atoms with van der Waals surface area (Å²) in [6.07, 6.45) is 2.30. The Kier molecular flexibility index (Phi) is 6.17. The molecule has 0 aliphatic carbocycles. The van der Waals surface area contributed by atoms with Gasteiger partial charge in [0.05, 0.1) is 12.7 Å². The third-order valence-corrected chi connectivity index (χ3v) is 4.71. The second kappa shape index (κ2) is 7.42.